The molecule has 0 aliphatic carbocycles. The molecule has 0 saturated carbocycles. The Labute approximate surface area is 180 Å². The van der Waals surface area contributed by atoms with Crippen molar-refractivity contribution in [3.05, 3.63) is 108 Å². The lowest BCUT2D eigenvalue weighted by atomic mass is 9.80. The third kappa shape index (κ3) is 4.14. The fourth-order valence-corrected chi connectivity index (χ4v) is 4.04. The molecule has 31 heavy (non-hydrogen) atoms. The number of ether oxygens (including phenoxy) is 2. The van der Waals surface area contributed by atoms with Gasteiger partial charge >= 0.3 is 0 Å². The highest BCUT2D eigenvalue weighted by molar-refractivity contribution is 5.47. The zero-order valence-corrected chi connectivity index (χ0v) is 16.9. The van der Waals surface area contributed by atoms with E-state index in [9.17, 15) is 20.4 Å². The van der Waals surface area contributed by atoms with Gasteiger partial charge in [0.2, 0.25) is 0 Å². The van der Waals surface area contributed by atoms with E-state index in [1.54, 1.807) is 0 Å². The second-order valence-electron chi connectivity index (χ2n) is 7.63. The average molecular weight is 422 g/mol. The average Bonchev–Trinajstić information content (AvgIpc) is 2.83. The van der Waals surface area contributed by atoms with Gasteiger partial charge in [-0.3, -0.25) is 0 Å². The predicted molar refractivity (Wildman–Crippen MR) is 114 cm³/mol. The molecule has 4 N–H and O–H groups in total. The van der Waals surface area contributed by atoms with Crippen LogP contribution in [0.15, 0.2) is 91.0 Å². The Morgan fingerprint density at radius 1 is 0.613 bits per heavy atom. The number of aliphatic hydroxyl groups excluding tert-OH is 4. The van der Waals surface area contributed by atoms with Crippen molar-refractivity contribution in [3.8, 4) is 0 Å². The third-order valence-corrected chi connectivity index (χ3v) is 5.69. The summed E-state index contributed by atoms with van der Waals surface area (Å²) < 4.78 is 11.9. The fourth-order valence-electron chi connectivity index (χ4n) is 4.04. The van der Waals surface area contributed by atoms with Gasteiger partial charge in [-0.25, -0.2) is 0 Å². The van der Waals surface area contributed by atoms with Crippen LogP contribution in [0.3, 0.4) is 0 Å². The third-order valence-electron chi connectivity index (χ3n) is 5.69. The fraction of sp³-hybridized carbons (Fsp3) is 0.280. The maximum Gasteiger partial charge on any atom is 0.184 e. The van der Waals surface area contributed by atoms with Gasteiger partial charge in [0, 0.05) is 0 Å². The summed E-state index contributed by atoms with van der Waals surface area (Å²) in [6.45, 7) is -0.138. The summed E-state index contributed by atoms with van der Waals surface area (Å²) in [6.07, 6.45) is -7.21. The zero-order valence-electron chi connectivity index (χ0n) is 16.9. The van der Waals surface area contributed by atoms with Crippen molar-refractivity contribution in [1.29, 1.82) is 0 Å². The summed E-state index contributed by atoms with van der Waals surface area (Å²) in [5, 5.41) is 40.2. The van der Waals surface area contributed by atoms with E-state index in [1.807, 2.05) is 91.0 Å². The molecule has 6 heteroatoms. The van der Waals surface area contributed by atoms with Gasteiger partial charge < -0.3 is 29.9 Å². The quantitative estimate of drug-likeness (QED) is 0.452. The van der Waals surface area contributed by atoms with E-state index in [0.717, 1.165) is 16.7 Å². The van der Waals surface area contributed by atoms with Gasteiger partial charge in [-0.15, -0.1) is 0 Å². The summed E-state index contributed by atoms with van der Waals surface area (Å²) in [4.78, 5) is 0. The van der Waals surface area contributed by atoms with Crippen LogP contribution in [0.4, 0.5) is 0 Å². The minimum atomic E-state index is -1.62. The molecule has 3 aromatic carbocycles. The van der Waals surface area contributed by atoms with Crippen molar-refractivity contribution in [2.24, 2.45) is 0 Å². The van der Waals surface area contributed by atoms with Crippen LogP contribution < -0.4 is 0 Å². The van der Waals surface area contributed by atoms with Crippen LogP contribution in [-0.4, -0.2) is 57.7 Å². The van der Waals surface area contributed by atoms with Crippen molar-refractivity contribution in [2.45, 2.75) is 36.3 Å². The van der Waals surface area contributed by atoms with Gasteiger partial charge in [-0.2, -0.15) is 0 Å². The Bertz CT molecular complexity index is 853. The Kier molecular flexibility index (Phi) is 6.48. The van der Waals surface area contributed by atoms with Crippen LogP contribution in [0.5, 0.6) is 0 Å². The SMILES string of the molecule is O[C@H]1[C@@H](O)[C@H](COC(c2ccccc2)(c2ccccc2)c2ccccc2)O[C@@H](O)[C@H]1O. The molecular weight excluding hydrogens is 396 g/mol. The summed E-state index contributed by atoms with van der Waals surface area (Å²) in [7, 11) is 0. The smallest absolute Gasteiger partial charge is 0.184 e. The standard InChI is InChI=1S/C25H26O6/c26-21-20(31-24(29)23(28)22(21)27)16-30-25(17-10-4-1-5-11-17,18-12-6-2-7-13-18)19-14-8-3-9-15-19/h1-15,20-24,26-29H,16H2/t20-,21-,22-,23-,24+/m0/s1. The van der Waals surface area contributed by atoms with Crippen LogP contribution in [0, 0.1) is 0 Å². The van der Waals surface area contributed by atoms with E-state index in [4.69, 9.17) is 9.47 Å². The van der Waals surface area contributed by atoms with E-state index < -0.39 is 36.3 Å². The van der Waals surface area contributed by atoms with Crippen molar-refractivity contribution in [2.75, 3.05) is 6.61 Å². The number of hydrogen-bond donors (Lipinski definition) is 4. The second-order valence-corrected chi connectivity index (χ2v) is 7.63. The highest BCUT2D eigenvalue weighted by atomic mass is 16.6. The monoisotopic (exact) mass is 422 g/mol. The molecule has 0 unspecified atom stereocenters. The second kappa shape index (κ2) is 9.28. The Balaban J connectivity index is 1.78. The summed E-state index contributed by atoms with van der Waals surface area (Å²) in [5.41, 5.74) is 1.59. The van der Waals surface area contributed by atoms with Gasteiger partial charge in [0.05, 0.1) is 6.61 Å². The molecule has 0 aromatic heterocycles. The maximum absolute atomic E-state index is 10.4. The molecule has 1 heterocycles. The first-order valence-electron chi connectivity index (χ1n) is 10.2. The first-order chi connectivity index (χ1) is 15.0. The highest BCUT2D eigenvalue weighted by Crippen LogP contribution is 2.41. The Morgan fingerprint density at radius 2 is 1.03 bits per heavy atom. The first kappa shape index (κ1) is 21.6. The van der Waals surface area contributed by atoms with Gasteiger partial charge in [0.15, 0.2) is 6.29 Å². The van der Waals surface area contributed by atoms with E-state index >= 15 is 0 Å². The number of benzene rings is 3. The lowest BCUT2D eigenvalue weighted by Crippen LogP contribution is -2.59. The van der Waals surface area contributed by atoms with Crippen molar-refractivity contribution < 1.29 is 29.9 Å². The first-order valence-corrected chi connectivity index (χ1v) is 10.2. The summed E-state index contributed by atoms with van der Waals surface area (Å²) in [5.74, 6) is 0. The van der Waals surface area contributed by atoms with Crippen LogP contribution >= 0.6 is 0 Å². The Hall–Kier alpha value is -2.58. The predicted octanol–water partition coefficient (Wildman–Crippen LogP) is 1.79. The lowest BCUT2D eigenvalue weighted by Gasteiger charge is -2.41. The maximum atomic E-state index is 10.4. The molecule has 1 fully saturated rings. The minimum Gasteiger partial charge on any atom is -0.387 e. The van der Waals surface area contributed by atoms with E-state index in [2.05, 4.69) is 0 Å². The molecule has 0 spiro atoms. The van der Waals surface area contributed by atoms with Crippen LogP contribution in [0.2, 0.25) is 0 Å². The lowest BCUT2D eigenvalue weighted by molar-refractivity contribution is -0.291. The Morgan fingerprint density at radius 3 is 1.45 bits per heavy atom. The summed E-state index contributed by atoms with van der Waals surface area (Å²) >= 11 is 0. The van der Waals surface area contributed by atoms with Gasteiger partial charge in [-0.1, -0.05) is 91.0 Å². The number of rotatable bonds is 6. The van der Waals surface area contributed by atoms with Crippen LogP contribution in [0.25, 0.3) is 0 Å². The molecule has 0 radical (unpaired) electrons. The highest BCUT2D eigenvalue weighted by Gasteiger charge is 2.45. The number of hydrogen-bond acceptors (Lipinski definition) is 6. The van der Waals surface area contributed by atoms with Crippen LogP contribution in [0.1, 0.15) is 16.7 Å². The normalized spacial score (nSPS) is 26.5. The van der Waals surface area contributed by atoms with Gasteiger partial charge in [-0.05, 0) is 16.7 Å². The van der Waals surface area contributed by atoms with Gasteiger partial charge in [0.1, 0.15) is 30.0 Å². The molecule has 3 aromatic rings. The molecule has 1 saturated heterocycles. The van der Waals surface area contributed by atoms with Crippen LogP contribution in [-0.2, 0) is 15.1 Å². The largest absolute Gasteiger partial charge is 0.387 e. The van der Waals surface area contributed by atoms with E-state index in [-0.39, 0.29) is 6.61 Å². The molecule has 6 nitrogen and oxygen atoms in total. The van der Waals surface area contributed by atoms with E-state index in [0.29, 0.717) is 0 Å². The molecular formula is C25H26O6. The van der Waals surface area contributed by atoms with Gasteiger partial charge in [0.25, 0.3) is 0 Å². The molecule has 1 aliphatic rings. The van der Waals surface area contributed by atoms with Crippen molar-refractivity contribution in [3.63, 3.8) is 0 Å². The molecule has 0 amide bonds. The molecule has 5 atom stereocenters. The van der Waals surface area contributed by atoms with E-state index in [1.165, 1.54) is 0 Å². The summed E-state index contributed by atoms with van der Waals surface area (Å²) in [6, 6.07) is 29.1. The topological polar surface area (TPSA) is 99.4 Å². The molecule has 4 rings (SSSR count). The van der Waals surface area contributed by atoms with Crippen molar-refractivity contribution >= 4 is 0 Å². The minimum absolute atomic E-state index is 0.138. The molecule has 162 valence electrons. The van der Waals surface area contributed by atoms with Crippen molar-refractivity contribution in [1.82, 2.24) is 0 Å². The number of aliphatic hydroxyl groups is 4. The molecule has 0 bridgehead atoms. The zero-order chi connectivity index (χ0) is 21.8. The molecule has 1 aliphatic heterocycles.